The Bertz CT molecular complexity index is 828. The third kappa shape index (κ3) is 3.38. The first-order valence-corrected chi connectivity index (χ1v) is 9.86. The molecular formula is C21H21Cl2N3. The van der Waals surface area contributed by atoms with Crippen molar-refractivity contribution in [3.63, 3.8) is 0 Å². The van der Waals surface area contributed by atoms with Crippen LogP contribution in [-0.4, -0.2) is 28.6 Å². The highest BCUT2D eigenvalue weighted by molar-refractivity contribution is 6.56. The molecule has 0 N–H and O–H groups in total. The SMILES string of the molecule is Cc1ccc(C2=N[C@H]3CCC[C@@H]3N(c3ccccc3)C(C(Cl)Cl)=N2)cc1. The lowest BCUT2D eigenvalue weighted by Crippen LogP contribution is -2.45. The second kappa shape index (κ2) is 7.42. The van der Waals surface area contributed by atoms with Gasteiger partial charge in [0.1, 0.15) is 5.84 Å². The van der Waals surface area contributed by atoms with Crippen LogP contribution in [0.1, 0.15) is 30.4 Å². The van der Waals surface area contributed by atoms with Crippen LogP contribution in [0.4, 0.5) is 5.69 Å². The fourth-order valence-electron chi connectivity index (χ4n) is 3.80. The number of aryl methyl sites for hydroxylation is 1. The zero-order valence-corrected chi connectivity index (χ0v) is 16.2. The summed E-state index contributed by atoms with van der Waals surface area (Å²) in [5, 5.41) is 0. The van der Waals surface area contributed by atoms with E-state index in [1.54, 1.807) is 0 Å². The molecule has 1 heterocycles. The molecule has 0 radical (unpaired) electrons. The van der Waals surface area contributed by atoms with Crippen molar-refractivity contribution in [1.29, 1.82) is 0 Å². The van der Waals surface area contributed by atoms with E-state index in [0.29, 0.717) is 5.84 Å². The summed E-state index contributed by atoms with van der Waals surface area (Å²) in [6.45, 7) is 2.07. The Balaban J connectivity index is 1.84. The summed E-state index contributed by atoms with van der Waals surface area (Å²) in [7, 11) is 0. The molecule has 26 heavy (non-hydrogen) atoms. The molecule has 2 aromatic carbocycles. The van der Waals surface area contributed by atoms with E-state index in [2.05, 4.69) is 48.2 Å². The number of benzene rings is 2. The second-order valence-corrected chi connectivity index (χ2v) is 7.96. The Hall–Kier alpha value is -1.84. The van der Waals surface area contributed by atoms with E-state index in [-0.39, 0.29) is 12.1 Å². The van der Waals surface area contributed by atoms with Crippen LogP contribution in [0.3, 0.4) is 0 Å². The Kier molecular flexibility index (Phi) is 5.01. The van der Waals surface area contributed by atoms with Crippen LogP contribution >= 0.6 is 23.2 Å². The number of hydrogen-bond acceptors (Lipinski definition) is 3. The minimum absolute atomic E-state index is 0.194. The summed E-state index contributed by atoms with van der Waals surface area (Å²) in [6.07, 6.45) is 3.26. The van der Waals surface area contributed by atoms with Crippen LogP contribution < -0.4 is 4.90 Å². The first kappa shape index (κ1) is 17.6. The number of amidine groups is 2. The molecule has 0 saturated heterocycles. The van der Waals surface area contributed by atoms with Gasteiger partial charge in [-0.05, 0) is 38.3 Å². The minimum atomic E-state index is -0.717. The van der Waals surface area contributed by atoms with E-state index in [9.17, 15) is 0 Å². The number of para-hydroxylation sites is 1. The van der Waals surface area contributed by atoms with Gasteiger partial charge in [0, 0.05) is 11.3 Å². The monoisotopic (exact) mass is 385 g/mol. The highest BCUT2D eigenvalue weighted by atomic mass is 35.5. The smallest absolute Gasteiger partial charge is 0.165 e. The number of alkyl halides is 2. The van der Waals surface area contributed by atoms with Crippen molar-refractivity contribution in [2.24, 2.45) is 9.98 Å². The molecule has 134 valence electrons. The van der Waals surface area contributed by atoms with Crippen LogP contribution in [0.5, 0.6) is 0 Å². The zero-order chi connectivity index (χ0) is 18.1. The van der Waals surface area contributed by atoms with Gasteiger partial charge in [-0.2, -0.15) is 0 Å². The summed E-state index contributed by atoms with van der Waals surface area (Å²) >= 11 is 12.8. The normalized spacial score (nSPS) is 22.7. The largest absolute Gasteiger partial charge is 0.322 e. The number of halogens is 2. The first-order chi connectivity index (χ1) is 12.6. The maximum Gasteiger partial charge on any atom is 0.165 e. The number of anilines is 1. The molecule has 5 heteroatoms. The highest BCUT2D eigenvalue weighted by Gasteiger charge is 2.38. The molecule has 4 rings (SSSR count). The van der Waals surface area contributed by atoms with Crippen molar-refractivity contribution < 1.29 is 0 Å². The summed E-state index contributed by atoms with van der Waals surface area (Å²) in [5.74, 6) is 1.38. The van der Waals surface area contributed by atoms with E-state index < -0.39 is 4.84 Å². The molecule has 0 amide bonds. The van der Waals surface area contributed by atoms with Gasteiger partial charge in [0.05, 0.1) is 12.1 Å². The Morgan fingerprint density at radius 2 is 1.73 bits per heavy atom. The fourth-order valence-corrected chi connectivity index (χ4v) is 4.11. The summed E-state index contributed by atoms with van der Waals surface area (Å²) < 4.78 is 0. The van der Waals surface area contributed by atoms with Crippen LogP contribution in [0.15, 0.2) is 64.6 Å². The molecule has 0 bridgehead atoms. The highest BCUT2D eigenvalue weighted by Crippen LogP contribution is 2.35. The van der Waals surface area contributed by atoms with Gasteiger partial charge in [0.25, 0.3) is 0 Å². The van der Waals surface area contributed by atoms with Gasteiger partial charge in [-0.25, -0.2) is 4.99 Å². The number of fused-ring (bicyclic) bond motifs is 1. The van der Waals surface area contributed by atoms with E-state index in [1.807, 2.05) is 18.2 Å². The molecule has 1 aliphatic heterocycles. The number of hydrogen-bond donors (Lipinski definition) is 0. The predicted octanol–water partition coefficient (Wildman–Crippen LogP) is 5.39. The van der Waals surface area contributed by atoms with Crippen molar-refractivity contribution >= 4 is 40.6 Å². The standard InChI is InChI=1S/C21H21Cl2N3/c1-14-10-12-15(13-11-14)20-24-17-8-5-9-18(17)26(21(25-20)19(22)23)16-6-3-2-4-7-16/h2-4,6-7,10-13,17-19H,5,8-9H2,1H3/t17-,18-/m0/s1. The van der Waals surface area contributed by atoms with Crippen molar-refractivity contribution in [2.75, 3.05) is 4.90 Å². The number of aliphatic imine (C=N–C) groups is 2. The molecule has 2 atom stereocenters. The van der Waals surface area contributed by atoms with Crippen LogP contribution in [-0.2, 0) is 0 Å². The predicted molar refractivity (Wildman–Crippen MR) is 111 cm³/mol. The molecule has 0 aromatic heterocycles. The third-order valence-electron chi connectivity index (χ3n) is 5.07. The van der Waals surface area contributed by atoms with E-state index >= 15 is 0 Å². The number of rotatable bonds is 3. The maximum absolute atomic E-state index is 6.38. The molecule has 1 fully saturated rings. The third-order valence-corrected chi connectivity index (χ3v) is 5.46. The molecule has 0 unspecified atom stereocenters. The molecule has 1 aliphatic carbocycles. The van der Waals surface area contributed by atoms with Crippen LogP contribution in [0, 0.1) is 6.92 Å². The average Bonchev–Trinajstić information content (AvgIpc) is 3.03. The van der Waals surface area contributed by atoms with Crippen molar-refractivity contribution in [3.05, 3.63) is 65.7 Å². The quantitative estimate of drug-likeness (QED) is 0.651. The first-order valence-electron chi connectivity index (χ1n) is 8.99. The second-order valence-electron chi connectivity index (χ2n) is 6.86. The van der Waals surface area contributed by atoms with Gasteiger partial charge in [0.2, 0.25) is 0 Å². The lowest BCUT2D eigenvalue weighted by Gasteiger charge is -2.33. The van der Waals surface area contributed by atoms with Crippen molar-refractivity contribution in [1.82, 2.24) is 0 Å². The van der Waals surface area contributed by atoms with E-state index in [4.69, 9.17) is 33.2 Å². The molecule has 2 aliphatic rings. The molecule has 2 aromatic rings. The lowest BCUT2D eigenvalue weighted by atomic mass is 10.1. The fraction of sp³-hybridized carbons (Fsp3) is 0.333. The van der Waals surface area contributed by atoms with Crippen molar-refractivity contribution in [3.8, 4) is 0 Å². The summed E-state index contributed by atoms with van der Waals surface area (Å²) in [6, 6.07) is 19.0. The Labute approximate surface area is 164 Å². The van der Waals surface area contributed by atoms with Crippen LogP contribution in [0.2, 0.25) is 0 Å². The Morgan fingerprint density at radius 1 is 1.00 bits per heavy atom. The molecular weight excluding hydrogens is 365 g/mol. The van der Waals surface area contributed by atoms with E-state index in [1.165, 1.54) is 5.56 Å². The van der Waals surface area contributed by atoms with Crippen LogP contribution in [0.25, 0.3) is 0 Å². The molecule has 1 saturated carbocycles. The molecule has 0 spiro atoms. The van der Waals surface area contributed by atoms with Gasteiger partial charge in [-0.15, -0.1) is 0 Å². The van der Waals surface area contributed by atoms with Gasteiger partial charge in [0.15, 0.2) is 10.7 Å². The lowest BCUT2D eigenvalue weighted by molar-refractivity contribution is 0.602. The van der Waals surface area contributed by atoms with Gasteiger partial charge in [-0.1, -0.05) is 71.2 Å². The maximum atomic E-state index is 6.38. The van der Waals surface area contributed by atoms with Crippen molar-refractivity contribution in [2.45, 2.75) is 43.1 Å². The molecule has 3 nitrogen and oxygen atoms in total. The number of nitrogens with zero attached hydrogens (tertiary/aromatic N) is 3. The minimum Gasteiger partial charge on any atom is -0.322 e. The van der Waals surface area contributed by atoms with E-state index in [0.717, 1.165) is 36.3 Å². The zero-order valence-electron chi connectivity index (χ0n) is 14.6. The van der Waals surface area contributed by atoms with Gasteiger partial charge >= 0.3 is 0 Å². The average molecular weight is 386 g/mol. The Morgan fingerprint density at radius 3 is 2.42 bits per heavy atom. The van der Waals surface area contributed by atoms with Gasteiger partial charge < -0.3 is 4.90 Å². The topological polar surface area (TPSA) is 28.0 Å². The summed E-state index contributed by atoms with van der Waals surface area (Å²) in [4.78, 5) is 11.3. The van der Waals surface area contributed by atoms with Gasteiger partial charge in [-0.3, -0.25) is 4.99 Å². The summed E-state index contributed by atoms with van der Waals surface area (Å²) in [5.41, 5.74) is 3.28.